The van der Waals surface area contributed by atoms with Gasteiger partial charge in [0.25, 0.3) is 0 Å². The number of ether oxygens (including phenoxy) is 1. The molecule has 1 saturated heterocycles. The standard InChI is InChI=1S/C35H45N3O5/c1-22-28(26-12-8-24(9-13-26)20-36-21-25-10-14-27(15-11-25)32(39)40)30(38-18-16-35(6,7)17-19-38)29(23(2)37-22)31(33(41)42)43-34(3,4)5/h8-15,31,36H,16-21H2,1-7H3,(H,39,40)(H,41,42). The second-order valence-electron chi connectivity index (χ2n) is 13.3. The minimum atomic E-state index is -1.15. The average molecular weight is 588 g/mol. The van der Waals surface area contributed by atoms with Crippen molar-refractivity contribution in [1.29, 1.82) is 0 Å². The van der Waals surface area contributed by atoms with Gasteiger partial charge in [-0.2, -0.15) is 0 Å². The molecule has 3 aromatic rings. The Hall–Kier alpha value is -3.75. The van der Waals surface area contributed by atoms with Crippen LogP contribution < -0.4 is 10.2 Å². The maximum Gasteiger partial charge on any atom is 0.337 e. The van der Waals surface area contributed by atoms with E-state index in [2.05, 4.69) is 48.3 Å². The summed E-state index contributed by atoms with van der Waals surface area (Å²) in [6.45, 7) is 17.0. The number of nitrogens with zero attached hydrogens (tertiary/aromatic N) is 2. The van der Waals surface area contributed by atoms with Crippen molar-refractivity contribution in [2.75, 3.05) is 18.0 Å². The Kier molecular flexibility index (Phi) is 9.62. The Balaban J connectivity index is 1.67. The van der Waals surface area contributed by atoms with Crippen LogP contribution in [0.1, 0.15) is 92.0 Å². The molecule has 1 fully saturated rings. The highest BCUT2D eigenvalue weighted by atomic mass is 16.5. The number of aliphatic carboxylic acids is 1. The molecule has 8 heteroatoms. The van der Waals surface area contributed by atoms with E-state index in [1.54, 1.807) is 12.1 Å². The zero-order valence-corrected chi connectivity index (χ0v) is 26.5. The first-order valence-electron chi connectivity index (χ1n) is 14.9. The number of aromatic nitrogens is 1. The Bertz CT molecular complexity index is 1450. The van der Waals surface area contributed by atoms with Crippen LogP contribution >= 0.6 is 0 Å². The van der Waals surface area contributed by atoms with E-state index >= 15 is 0 Å². The zero-order valence-electron chi connectivity index (χ0n) is 26.5. The molecule has 8 nitrogen and oxygen atoms in total. The van der Waals surface area contributed by atoms with E-state index in [1.165, 1.54) is 0 Å². The van der Waals surface area contributed by atoms with E-state index in [0.717, 1.165) is 59.6 Å². The number of carbonyl (C=O) groups is 2. The summed E-state index contributed by atoms with van der Waals surface area (Å²) in [7, 11) is 0. The molecule has 0 saturated carbocycles. The minimum Gasteiger partial charge on any atom is -0.479 e. The summed E-state index contributed by atoms with van der Waals surface area (Å²) >= 11 is 0. The molecule has 0 bridgehead atoms. The third-order valence-corrected chi connectivity index (χ3v) is 8.07. The predicted molar refractivity (Wildman–Crippen MR) is 170 cm³/mol. The summed E-state index contributed by atoms with van der Waals surface area (Å²) in [5, 5.41) is 22.9. The zero-order chi connectivity index (χ0) is 31.5. The van der Waals surface area contributed by atoms with Crippen LogP contribution in [0.5, 0.6) is 0 Å². The van der Waals surface area contributed by atoms with Crippen molar-refractivity contribution in [2.45, 2.75) is 86.1 Å². The topological polar surface area (TPSA) is 112 Å². The number of aryl methyl sites for hydroxylation is 2. The molecular weight excluding hydrogens is 542 g/mol. The van der Waals surface area contributed by atoms with Gasteiger partial charge in [0.2, 0.25) is 0 Å². The molecule has 43 heavy (non-hydrogen) atoms. The summed E-state index contributed by atoms with van der Waals surface area (Å²) in [5.41, 5.74) is 6.96. The lowest BCUT2D eigenvalue weighted by atomic mass is 9.81. The van der Waals surface area contributed by atoms with Crippen LogP contribution in [-0.4, -0.2) is 45.8 Å². The fourth-order valence-corrected chi connectivity index (χ4v) is 5.66. The summed E-state index contributed by atoms with van der Waals surface area (Å²) in [6, 6.07) is 15.2. The second-order valence-corrected chi connectivity index (χ2v) is 13.3. The van der Waals surface area contributed by atoms with Crippen molar-refractivity contribution in [3.05, 3.63) is 82.2 Å². The first-order chi connectivity index (χ1) is 20.1. The highest BCUT2D eigenvalue weighted by Gasteiger charge is 2.36. The van der Waals surface area contributed by atoms with E-state index in [-0.39, 0.29) is 11.0 Å². The molecule has 0 aliphatic carbocycles. The van der Waals surface area contributed by atoms with Crippen LogP contribution in [0.2, 0.25) is 0 Å². The fourth-order valence-electron chi connectivity index (χ4n) is 5.66. The molecule has 1 atom stereocenters. The Morgan fingerprint density at radius 3 is 1.95 bits per heavy atom. The fraction of sp³-hybridized carbons (Fsp3) is 0.457. The van der Waals surface area contributed by atoms with Gasteiger partial charge >= 0.3 is 11.9 Å². The largest absolute Gasteiger partial charge is 0.479 e. The minimum absolute atomic E-state index is 0.231. The van der Waals surface area contributed by atoms with Crippen LogP contribution in [0.25, 0.3) is 11.1 Å². The van der Waals surface area contributed by atoms with Gasteiger partial charge in [0.15, 0.2) is 6.10 Å². The first-order valence-corrected chi connectivity index (χ1v) is 14.9. The number of hydrogen-bond donors (Lipinski definition) is 3. The number of piperidine rings is 1. The van der Waals surface area contributed by atoms with Crippen LogP contribution in [0.3, 0.4) is 0 Å². The van der Waals surface area contributed by atoms with Crippen LogP contribution in [0.15, 0.2) is 48.5 Å². The number of carboxylic acid groups (broad SMARTS) is 2. The monoisotopic (exact) mass is 587 g/mol. The molecule has 3 N–H and O–H groups in total. The van der Waals surface area contributed by atoms with Crippen molar-refractivity contribution in [3.63, 3.8) is 0 Å². The van der Waals surface area contributed by atoms with E-state index < -0.39 is 23.6 Å². The SMILES string of the molecule is Cc1nc(C)c(C(OC(C)(C)C)C(=O)O)c(N2CCC(C)(C)CC2)c1-c1ccc(CNCc2ccc(C(=O)O)cc2)cc1. The van der Waals surface area contributed by atoms with Gasteiger partial charge in [-0.15, -0.1) is 0 Å². The Morgan fingerprint density at radius 1 is 0.930 bits per heavy atom. The van der Waals surface area contributed by atoms with Gasteiger partial charge in [-0.25, -0.2) is 9.59 Å². The average Bonchev–Trinajstić information content (AvgIpc) is 2.92. The van der Waals surface area contributed by atoms with Gasteiger partial charge < -0.3 is 25.2 Å². The number of carboxylic acids is 2. The second kappa shape index (κ2) is 12.9. The molecule has 1 aromatic heterocycles. The van der Waals surface area contributed by atoms with Gasteiger partial charge in [0.05, 0.1) is 16.9 Å². The molecule has 230 valence electrons. The number of rotatable bonds is 10. The third kappa shape index (κ3) is 8.00. The molecule has 4 rings (SSSR count). The molecule has 0 spiro atoms. The third-order valence-electron chi connectivity index (χ3n) is 8.07. The number of aromatic carboxylic acids is 1. The molecule has 1 aliphatic heterocycles. The number of pyridine rings is 1. The molecule has 2 heterocycles. The smallest absolute Gasteiger partial charge is 0.337 e. The number of hydrogen-bond acceptors (Lipinski definition) is 6. The Labute approximate surface area is 255 Å². The first kappa shape index (κ1) is 32.2. The van der Waals surface area contributed by atoms with Crippen molar-refractivity contribution in [1.82, 2.24) is 10.3 Å². The number of nitrogens with one attached hydrogen (secondary N) is 1. The molecular formula is C35H45N3O5. The highest BCUT2D eigenvalue weighted by Crippen LogP contribution is 2.44. The molecule has 2 aromatic carbocycles. The number of anilines is 1. The van der Waals surface area contributed by atoms with Gasteiger partial charge in [-0.05, 0) is 81.7 Å². The van der Waals surface area contributed by atoms with Gasteiger partial charge in [-0.1, -0.05) is 50.2 Å². The lowest BCUT2D eigenvalue weighted by molar-refractivity contribution is -0.160. The van der Waals surface area contributed by atoms with Crippen molar-refractivity contribution < 1.29 is 24.5 Å². The van der Waals surface area contributed by atoms with Gasteiger partial charge in [0, 0.05) is 48.7 Å². The summed E-state index contributed by atoms with van der Waals surface area (Å²) < 4.78 is 6.18. The van der Waals surface area contributed by atoms with Crippen molar-refractivity contribution in [2.24, 2.45) is 5.41 Å². The molecule has 0 radical (unpaired) electrons. The van der Waals surface area contributed by atoms with Gasteiger partial charge in [-0.3, -0.25) is 4.98 Å². The van der Waals surface area contributed by atoms with Crippen molar-refractivity contribution in [3.8, 4) is 11.1 Å². The summed E-state index contributed by atoms with van der Waals surface area (Å²) in [5.74, 6) is -1.95. The maximum absolute atomic E-state index is 12.7. The van der Waals surface area contributed by atoms with E-state index in [4.69, 9.17) is 14.8 Å². The highest BCUT2D eigenvalue weighted by molar-refractivity contribution is 5.88. The van der Waals surface area contributed by atoms with E-state index in [9.17, 15) is 14.7 Å². The lowest BCUT2D eigenvalue weighted by Crippen LogP contribution is -2.39. The lowest BCUT2D eigenvalue weighted by Gasteiger charge is -2.41. The quantitative estimate of drug-likeness (QED) is 0.234. The Morgan fingerprint density at radius 2 is 1.47 bits per heavy atom. The molecule has 0 amide bonds. The summed E-state index contributed by atoms with van der Waals surface area (Å²) in [4.78, 5) is 31.0. The van der Waals surface area contributed by atoms with E-state index in [1.807, 2.05) is 46.8 Å². The predicted octanol–water partition coefficient (Wildman–Crippen LogP) is 6.92. The van der Waals surface area contributed by atoms with Crippen LogP contribution in [0, 0.1) is 19.3 Å². The molecule has 1 aliphatic rings. The van der Waals surface area contributed by atoms with Gasteiger partial charge in [0.1, 0.15) is 0 Å². The summed E-state index contributed by atoms with van der Waals surface area (Å²) in [6.07, 6.45) is 0.867. The van der Waals surface area contributed by atoms with Crippen molar-refractivity contribution >= 4 is 17.6 Å². The van der Waals surface area contributed by atoms with Crippen LogP contribution in [0.4, 0.5) is 5.69 Å². The van der Waals surface area contributed by atoms with E-state index in [0.29, 0.717) is 24.3 Å². The molecule has 1 unspecified atom stereocenters. The normalized spacial score (nSPS) is 15.7. The van der Waals surface area contributed by atoms with Crippen LogP contribution in [-0.2, 0) is 22.6 Å². The number of benzene rings is 2. The maximum atomic E-state index is 12.7.